The van der Waals surface area contributed by atoms with Crippen LogP contribution in [0.5, 0.6) is 0 Å². The second kappa shape index (κ2) is 7.33. The van der Waals surface area contributed by atoms with Gasteiger partial charge < -0.3 is 10.4 Å². The molecule has 5 heteroatoms. The van der Waals surface area contributed by atoms with Gasteiger partial charge in [0.05, 0.1) is 12.1 Å². The molecular formula is C15H21NO3S. The predicted octanol–water partition coefficient (Wildman–Crippen LogP) is 3.63. The monoisotopic (exact) mass is 295 g/mol. The van der Waals surface area contributed by atoms with E-state index in [2.05, 4.69) is 12.2 Å². The second-order valence-electron chi connectivity index (χ2n) is 5.39. The van der Waals surface area contributed by atoms with Gasteiger partial charge in [-0.3, -0.25) is 9.59 Å². The highest BCUT2D eigenvalue weighted by Gasteiger charge is 2.25. The summed E-state index contributed by atoms with van der Waals surface area (Å²) in [4.78, 5) is 23.8. The molecule has 110 valence electrons. The van der Waals surface area contributed by atoms with Crippen molar-refractivity contribution >= 4 is 29.3 Å². The minimum atomic E-state index is -0.885. The first-order valence-electron chi connectivity index (χ1n) is 6.57. The number of hydrogen-bond acceptors (Lipinski definition) is 3. The van der Waals surface area contributed by atoms with Crippen molar-refractivity contribution in [3.8, 4) is 0 Å². The Hall–Kier alpha value is -1.49. The van der Waals surface area contributed by atoms with Crippen LogP contribution in [0, 0.1) is 5.41 Å². The van der Waals surface area contributed by atoms with E-state index in [1.54, 1.807) is 25.6 Å². The molecule has 20 heavy (non-hydrogen) atoms. The zero-order valence-corrected chi connectivity index (χ0v) is 12.9. The summed E-state index contributed by atoms with van der Waals surface area (Å²) in [7, 11) is 0. The molecule has 0 aliphatic carbocycles. The molecule has 0 saturated heterocycles. The molecule has 0 saturated carbocycles. The second-order valence-corrected chi connectivity index (χ2v) is 6.69. The minimum Gasteiger partial charge on any atom is -0.481 e. The average Bonchev–Trinajstić information content (AvgIpc) is 2.29. The molecule has 0 spiro atoms. The van der Waals surface area contributed by atoms with Gasteiger partial charge in [0.25, 0.3) is 0 Å². The molecule has 1 amide bonds. The predicted molar refractivity (Wildman–Crippen MR) is 82.1 cm³/mol. The maximum atomic E-state index is 12.1. The molecule has 0 atom stereocenters. The zero-order chi connectivity index (χ0) is 15.2. The maximum Gasteiger partial charge on any atom is 0.303 e. The number of carboxylic acid groups (broad SMARTS) is 1. The van der Waals surface area contributed by atoms with Crippen LogP contribution in [0.4, 0.5) is 5.69 Å². The SMILES string of the molecule is CCSc1ccccc1NC(=O)CC(C)(C)CC(=O)O. The van der Waals surface area contributed by atoms with Crippen molar-refractivity contribution in [1.82, 2.24) is 0 Å². The molecule has 4 nitrogen and oxygen atoms in total. The first-order valence-corrected chi connectivity index (χ1v) is 7.56. The molecule has 0 aliphatic heterocycles. The Bertz CT molecular complexity index is 486. The Balaban J connectivity index is 2.69. The quantitative estimate of drug-likeness (QED) is 0.754. The summed E-state index contributed by atoms with van der Waals surface area (Å²) in [6, 6.07) is 7.63. The van der Waals surface area contributed by atoms with Crippen molar-refractivity contribution in [1.29, 1.82) is 0 Å². The van der Waals surface area contributed by atoms with Gasteiger partial charge >= 0.3 is 5.97 Å². The van der Waals surface area contributed by atoms with Crippen molar-refractivity contribution in [3.63, 3.8) is 0 Å². The number of hydrogen-bond donors (Lipinski definition) is 2. The Labute approximate surface area is 124 Å². The van der Waals surface area contributed by atoms with E-state index in [0.29, 0.717) is 0 Å². The largest absolute Gasteiger partial charge is 0.481 e. The lowest BCUT2D eigenvalue weighted by molar-refractivity contribution is -0.139. The van der Waals surface area contributed by atoms with Crippen LogP contribution in [0.15, 0.2) is 29.2 Å². The number of rotatable bonds is 7. The summed E-state index contributed by atoms with van der Waals surface area (Å²) in [6.45, 7) is 5.63. The van der Waals surface area contributed by atoms with Crippen molar-refractivity contribution in [3.05, 3.63) is 24.3 Å². The molecule has 0 aromatic heterocycles. The normalized spacial score (nSPS) is 11.2. The average molecular weight is 295 g/mol. The number of aliphatic carboxylic acids is 1. The van der Waals surface area contributed by atoms with Gasteiger partial charge in [-0.1, -0.05) is 32.9 Å². The number of benzene rings is 1. The summed E-state index contributed by atoms with van der Waals surface area (Å²) in [6.07, 6.45) is 0.163. The number of amides is 1. The molecule has 0 fully saturated rings. The highest BCUT2D eigenvalue weighted by atomic mass is 32.2. The van der Waals surface area contributed by atoms with E-state index in [1.807, 2.05) is 24.3 Å². The van der Waals surface area contributed by atoms with Crippen LogP contribution in [0.25, 0.3) is 0 Å². The third-order valence-corrected chi connectivity index (χ3v) is 3.69. The first-order chi connectivity index (χ1) is 9.34. The lowest BCUT2D eigenvalue weighted by Crippen LogP contribution is -2.25. The van der Waals surface area contributed by atoms with E-state index in [9.17, 15) is 9.59 Å². The topological polar surface area (TPSA) is 66.4 Å². The number of nitrogens with one attached hydrogen (secondary N) is 1. The molecule has 1 aromatic carbocycles. The molecule has 0 heterocycles. The zero-order valence-electron chi connectivity index (χ0n) is 12.1. The van der Waals surface area contributed by atoms with Crippen LogP contribution in [0.3, 0.4) is 0 Å². The van der Waals surface area contributed by atoms with Gasteiger partial charge in [-0.05, 0) is 23.3 Å². The first kappa shape index (κ1) is 16.6. The van der Waals surface area contributed by atoms with Crippen molar-refractivity contribution < 1.29 is 14.7 Å². The summed E-state index contributed by atoms with van der Waals surface area (Å²) in [5.41, 5.74) is 0.235. The number of thioether (sulfide) groups is 1. The van der Waals surface area contributed by atoms with Crippen LogP contribution in [0.2, 0.25) is 0 Å². The van der Waals surface area contributed by atoms with Gasteiger partial charge in [0, 0.05) is 11.3 Å². The van der Waals surface area contributed by atoms with Crippen molar-refractivity contribution in [2.24, 2.45) is 5.41 Å². The van der Waals surface area contributed by atoms with E-state index in [1.165, 1.54) is 0 Å². The Morgan fingerprint density at radius 3 is 2.50 bits per heavy atom. The van der Waals surface area contributed by atoms with Gasteiger partial charge in [-0.2, -0.15) is 0 Å². The number of carbonyl (C=O) groups excluding carboxylic acids is 1. The number of carboxylic acids is 1. The third-order valence-electron chi connectivity index (χ3n) is 2.73. The van der Waals surface area contributed by atoms with Crippen molar-refractivity contribution in [2.45, 2.75) is 38.5 Å². The summed E-state index contributed by atoms with van der Waals surface area (Å²) >= 11 is 1.66. The minimum absolute atomic E-state index is 0.0220. The Kier molecular flexibility index (Phi) is 6.07. The molecule has 1 rings (SSSR count). The molecule has 0 radical (unpaired) electrons. The number of carbonyl (C=O) groups is 2. The van der Waals surface area contributed by atoms with E-state index in [4.69, 9.17) is 5.11 Å². The fourth-order valence-electron chi connectivity index (χ4n) is 1.95. The number of para-hydroxylation sites is 1. The van der Waals surface area contributed by atoms with Crippen LogP contribution in [-0.2, 0) is 9.59 Å². The Morgan fingerprint density at radius 2 is 1.90 bits per heavy atom. The van der Waals surface area contributed by atoms with Gasteiger partial charge in [0.2, 0.25) is 5.91 Å². The van der Waals surface area contributed by atoms with Crippen LogP contribution < -0.4 is 5.32 Å². The molecular weight excluding hydrogens is 274 g/mol. The molecule has 2 N–H and O–H groups in total. The lowest BCUT2D eigenvalue weighted by Gasteiger charge is -2.21. The summed E-state index contributed by atoms with van der Waals surface area (Å²) < 4.78 is 0. The van der Waals surface area contributed by atoms with Crippen molar-refractivity contribution in [2.75, 3.05) is 11.1 Å². The fraction of sp³-hybridized carbons (Fsp3) is 0.467. The lowest BCUT2D eigenvalue weighted by atomic mass is 9.85. The number of anilines is 1. The van der Waals surface area contributed by atoms with Gasteiger partial charge in [-0.25, -0.2) is 0 Å². The van der Waals surface area contributed by atoms with Crippen LogP contribution >= 0.6 is 11.8 Å². The molecule has 1 aromatic rings. The van der Waals surface area contributed by atoms with Gasteiger partial charge in [0.15, 0.2) is 0 Å². The highest BCUT2D eigenvalue weighted by Crippen LogP contribution is 2.29. The Morgan fingerprint density at radius 1 is 1.25 bits per heavy atom. The standard InChI is InChI=1S/C15H21NO3S/c1-4-20-12-8-6-5-7-11(12)16-13(17)9-15(2,3)10-14(18)19/h5-8H,4,9-10H2,1-3H3,(H,16,17)(H,18,19). The van der Waals surface area contributed by atoms with E-state index >= 15 is 0 Å². The van der Waals surface area contributed by atoms with Gasteiger partial charge in [0.1, 0.15) is 0 Å². The molecule has 0 aliphatic rings. The van der Waals surface area contributed by atoms with E-state index in [0.717, 1.165) is 16.3 Å². The fourth-order valence-corrected chi connectivity index (χ4v) is 2.71. The molecule has 0 unspecified atom stereocenters. The van der Waals surface area contributed by atoms with E-state index in [-0.39, 0.29) is 18.7 Å². The summed E-state index contributed by atoms with van der Waals surface area (Å²) in [5.74, 6) is -0.109. The van der Waals surface area contributed by atoms with Crippen LogP contribution in [-0.4, -0.2) is 22.7 Å². The smallest absolute Gasteiger partial charge is 0.303 e. The van der Waals surface area contributed by atoms with Crippen LogP contribution in [0.1, 0.15) is 33.6 Å². The van der Waals surface area contributed by atoms with Gasteiger partial charge in [-0.15, -0.1) is 11.8 Å². The summed E-state index contributed by atoms with van der Waals surface area (Å²) in [5, 5.41) is 11.7. The van der Waals surface area contributed by atoms with E-state index < -0.39 is 11.4 Å². The highest BCUT2D eigenvalue weighted by molar-refractivity contribution is 7.99. The maximum absolute atomic E-state index is 12.1. The molecule has 0 bridgehead atoms. The third kappa shape index (κ3) is 5.65.